The highest BCUT2D eigenvalue weighted by molar-refractivity contribution is 5.97. The lowest BCUT2D eigenvalue weighted by atomic mass is 9.85. The molecule has 3 N–H and O–H groups in total. The van der Waals surface area contributed by atoms with Crippen molar-refractivity contribution >= 4 is 12.0 Å². The van der Waals surface area contributed by atoms with Crippen LogP contribution in [-0.2, 0) is 0 Å². The van der Waals surface area contributed by atoms with Crippen LogP contribution in [0.25, 0.3) is 0 Å². The molecule has 1 saturated heterocycles. The van der Waals surface area contributed by atoms with Gasteiger partial charge in [0, 0.05) is 17.3 Å². The van der Waals surface area contributed by atoms with Crippen molar-refractivity contribution in [1.29, 1.82) is 0 Å². The van der Waals surface area contributed by atoms with Crippen molar-refractivity contribution in [3.8, 4) is 17.2 Å². The number of nitrogens with zero attached hydrogens (tertiary/aromatic N) is 2. The Morgan fingerprint density at radius 3 is 2.49 bits per heavy atom. The van der Waals surface area contributed by atoms with Crippen LogP contribution in [0.5, 0.6) is 17.2 Å². The highest BCUT2D eigenvalue weighted by Crippen LogP contribution is 2.38. The van der Waals surface area contributed by atoms with E-state index < -0.39 is 6.09 Å². The van der Waals surface area contributed by atoms with Crippen molar-refractivity contribution in [2.24, 2.45) is 5.73 Å². The summed E-state index contributed by atoms with van der Waals surface area (Å²) in [5.41, 5.74) is 11.0. The highest BCUT2D eigenvalue weighted by Gasteiger charge is 2.31. The number of nitrogens with two attached hydrogens (primary N) is 1. The van der Waals surface area contributed by atoms with Crippen LogP contribution in [0.3, 0.4) is 0 Å². The number of hydrazine groups is 1. The normalized spacial score (nSPS) is 20.7. The fourth-order valence-electron chi connectivity index (χ4n) is 5.87. The lowest BCUT2D eigenvalue weighted by Crippen LogP contribution is -2.43. The third-order valence-electron chi connectivity index (χ3n) is 7.96. The number of likely N-dealkylation sites (tertiary alicyclic amines) is 1. The van der Waals surface area contributed by atoms with Gasteiger partial charge < -0.3 is 24.8 Å². The number of nitrogens with one attached hydrogen (secondary N) is 1. The van der Waals surface area contributed by atoms with E-state index in [0.29, 0.717) is 23.5 Å². The molecule has 1 unspecified atom stereocenters. The van der Waals surface area contributed by atoms with Crippen molar-refractivity contribution in [3.63, 3.8) is 0 Å². The van der Waals surface area contributed by atoms with E-state index >= 15 is 0 Å². The molecule has 9 heteroatoms. The number of hydrogen-bond acceptors (Lipinski definition) is 7. The molecule has 0 radical (unpaired) electrons. The summed E-state index contributed by atoms with van der Waals surface area (Å²) >= 11 is 0. The van der Waals surface area contributed by atoms with Crippen LogP contribution in [0.2, 0.25) is 0 Å². The van der Waals surface area contributed by atoms with Crippen molar-refractivity contribution in [3.05, 3.63) is 65.4 Å². The number of carbonyl (C=O) groups is 2. The topological polar surface area (TPSA) is 106 Å². The Kier molecular flexibility index (Phi) is 8.38. The summed E-state index contributed by atoms with van der Waals surface area (Å²) in [6.07, 6.45) is 9.97. The minimum Gasteiger partial charge on any atom is -0.493 e. The van der Waals surface area contributed by atoms with E-state index in [9.17, 15) is 9.59 Å². The molecule has 2 aliphatic heterocycles. The first-order valence-corrected chi connectivity index (χ1v) is 13.8. The molecule has 0 spiro atoms. The molecule has 2 heterocycles. The Hall–Kier alpha value is -3.56. The second-order valence-electron chi connectivity index (χ2n) is 10.6. The summed E-state index contributed by atoms with van der Waals surface area (Å²) in [7, 11) is 3.73. The average molecular weight is 535 g/mol. The van der Waals surface area contributed by atoms with Crippen LogP contribution >= 0.6 is 0 Å². The molecule has 1 saturated carbocycles. The van der Waals surface area contributed by atoms with Crippen molar-refractivity contribution < 1.29 is 23.8 Å². The zero-order valence-corrected chi connectivity index (χ0v) is 22.7. The smallest absolute Gasteiger partial charge is 0.409 e. The molecule has 2 fully saturated rings. The molecular weight excluding hydrogens is 496 g/mol. The maximum atomic E-state index is 13.9. The minimum atomic E-state index is -0.889. The Morgan fingerprint density at radius 1 is 1.00 bits per heavy atom. The van der Waals surface area contributed by atoms with Gasteiger partial charge in [-0.1, -0.05) is 18.2 Å². The molecule has 1 atom stereocenters. The summed E-state index contributed by atoms with van der Waals surface area (Å²) in [6, 6.07) is 11.0. The van der Waals surface area contributed by atoms with E-state index in [-0.39, 0.29) is 24.0 Å². The van der Waals surface area contributed by atoms with Gasteiger partial charge in [0.2, 0.25) is 0 Å². The first-order chi connectivity index (χ1) is 18.9. The lowest BCUT2D eigenvalue weighted by Gasteiger charge is -2.33. The first kappa shape index (κ1) is 27.0. The van der Waals surface area contributed by atoms with E-state index in [4.69, 9.17) is 19.9 Å². The number of piperidine rings is 1. The number of primary amides is 1. The average Bonchev–Trinajstić information content (AvgIpc) is 3.46. The van der Waals surface area contributed by atoms with Crippen LogP contribution in [0.1, 0.15) is 78.4 Å². The van der Waals surface area contributed by atoms with E-state index in [0.717, 1.165) is 55.6 Å². The molecule has 2 amide bonds. The van der Waals surface area contributed by atoms with E-state index in [1.54, 1.807) is 31.5 Å². The Labute approximate surface area is 229 Å². The molecule has 0 bridgehead atoms. The van der Waals surface area contributed by atoms with E-state index in [1.807, 2.05) is 24.3 Å². The van der Waals surface area contributed by atoms with Crippen molar-refractivity contribution in [1.82, 2.24) is 15.3 Å². The van der Waals surface area contributed by atoms with Gasteiger partial charge in [0.1, 0.15) is 5.75 Å². The lowest BCUT2D eigenvalue weighted by molar-refractivity contribution is 0.0710. The highest BCUT2D eigenvalue weighted by atomic mass is 16.5. The number of amides is 2. The summed E-state index contributed by atoms with van der Waals surface area (Å²) in [5, 5.41) is 1.53. The SMILES string of the molecule is COc1ccc(C2CC=CN(C(=O)c3cccc(OC(N)=O)c3C3CCN(C)CC3)N2)cc1OC1CCCC1. The third kappa shape index (κ3) is 6.20. The molecule has 208 valence electrons. The number of benzene rings is 2. The zero-order chi connectivity index (χ0) is 27.4. The van der Waals surface area contributed by atoms with Crippen LogP contribution < -0.4 is 25.4 Å². The van der Waals surface area contributed by atoms with Crippen molar-refractivity contribution in [2.75, 3.05) is 27.2 Å². The monoisotopic (exact) mass is 534 g/mol. The molecule has 1 aliphatic carbocycles. The maximum absolute atomic E-state index is 13.9. The quantitative estimate of drug-likeness (QED) is 0.521. The van der Waals surface area contributed by atoms with Crippen LogP contribution in [0, 0.1) is 0 Å². The van der Waals surface area contributed by atoms with Crippen LogP contribution in [-0.4, -0.2) is 55.3 Å². The number of carbonyl (C=O) groups excluding carboxylic acids is 2. The molecule has 0 aromatic heterocycles. The molecule has 9 nitrogen and oxygen atoms in total. The second-order valence-corrected chi connectivity index (χ2v) is 10.6. The first-order valence-electron chi connectivity index (χ1n) is 13.8. The van der Waals surface area contributed by atoms with Gasteiger partial charge in [0.05, 0.1) is 19.3 Å². The van der Waals surface area contributed by atoms with Gasteiger partial charge in [0.15, 0.2) is 11.5 Å². The maximum Gasteiger partial charge on any atom is 0.409 e. The van der Waals surface area contributed by atoms with Crippen LogP contribution in [0.4, 0.5) is 4.79 Å². The van der Waals surface area contributed by atoms with Gasteiger partial charge in [-0.25, -0.2) is 15.2 Å². The summed E-state index contributed by atoms with van der Waals surface area (Å²) in [6.45, 7) is 1.80. The van der Waals surface area contributed by atoms with Gasteiger partial charge in [0.25, 0.3) is 5.91 Å². The Balaban J connectivity index is 1.39. The van der Waals surface area contributed by atoms with Crippen molar-refractivity contribution in [2.45, 2.75) is 63.0 Å². The summed E-state index contributed by atoms with van der Waals surface area (Å²) in [4.78, 5) is 27.9. The number of hydrogen-bond donors (Lipinski definition) is 2. The van der Waals surface area contributed by atoms with Gasteiger partial charge in [-0.05, 0) is 101 Å². The fraction of sp³-hybridized carbons (Fsp3) is 0.467. The third-order valence-corrected chi connectivity index (χ3v) is 7.96. The Morgan fingerprint density at radius 2 is 1.77 bits per heavy atom. The molecule has 2 aromatic carbocycles. The number of methoxy groups -OCH3 is 1. The van der Waals surface area contributed by atoms with Gasteiger partial charge in [-0.15, -0.1) is 0 Å². The predicted octanol–water partition coefficient (Wildman–Crippen LogP) is 4.89. The minimum absolute atomic E-state index is 0.0807. The second kappa shape index (κ2) is 12.1. The summed E-state index contributed by atoms with van der Waals surface area (Å²) < 4.78 is 17.2. The molecule has 39 heavy (non-hydrogen) atoms. The predicted molar refractivity (Wildman–Crippen MR) is 148 cm³/mol. The van der Waals surface area contributed by atoms with E-state index in [1.165, 1.54) is 17.9 Å². The standard InChI is InChI=1S/C30H38N4O5/c1-33-17-14-20(15-18-33)28-23(9-5-11-26(28)39-30(31)36)29(35)34-16-6-10-24(32-34)21-12-13-25(37-2)27(19-21)38-22-7-3-4-8-22/h5-6,9,11-13,16,19-20,22,24,32H,3-4,7-8,10,14-15,17-18H2,1-2H3,(H2,31,36). The zero-order valence-electron chi connectivity index (χ0n) is 22.7. The van der Waals surface area contributed by atoms with Gasteiger partial charge in [-0.3, -0.25) is 4.79 Å². The van der Waals surface area contributed by atoms with Crippen LogP contribution in [0.15, 0.2) is 48.7 Å². The van der Waals surface area contributed by atoms with Gasteiger partial charge >= 0.3 is 6.09 Å². The Bertz CT molecular complexity index is 1220. The van der Waals surface area contributed by atoms with Gasteiger partial charge in [-0.2, -0.15) is 0 Å². The van der Waals surface area contributed by atoms with E-state index in [2.05, 4.69) is 17.4 Å². The molecule has 5 rings (SSSR count). The summed E-state index contributed by atoms with van der Waals surface area (Å²) in [5.74, 6) is 1.66. The molecule has 2 aromatic rings. The number of ether oxygens (including phenoxy) is 3. The molecule has 3 aliphatic rings. The molecular formula is C30H38N4O5. The fourth-order valence-corrected chi connectivity index (χ4v) is 5.87. The number of rotatable bonds is 7. The largest absolute Gasteiger partial charge is 0.493 e.